The Balaban J connectivity index is 0.00000385. The zero-order valence-electron chi connectivity index (χ0n) is 20.5. The number of ether oxygens (including phenoxy) is 1. The van der Waals surface area contributed by atoms with Crippen molar-refractivity contribution in [2.45, 2.75) is 44.9 Å². The highest BCUT2D eigenvalue weighted by Crippen LogP contribution is 2.20. The zero-order valence-corrected chi connectivity index (χ0v) is 22.8. The Bertz CT molecular complexity index is 846. The molecule has 182 valence electrons. The highest BCUT2D eigenvalue weighted by atomic mass is 127. The van der Waals surface area contributed by atoms with E-state index in [1.54, 1.807) is 0 Å². The molecule has 6 nitrogen and oxygen atoms in total. The van der Waals surface area contributed by atoms with Crippen LogP contribution in [0.3, 0.4) is 0 Å². The van der Waals surface area contributed by atoms with Gasteiger partial charge in [0, 0.05) is 50.9 Å². The predicted octanol–water partition coefficient (Wildman–Crippen LogP) is 3.96. The molecule has 0 radical (unpaired) electrons. The number of piperidine rings is 1. The van der Waals surface area contributed by atoms with Crippen LogP contribution in [0.1, 0.15) is 30.9 Å². The fraction of sp³-hybridized carbons (Fsp3) is 0.500. The number of aliphatic imine (C=N–C) groups is 1. The molecule has 0 spiro atoms. The molecule has 2 aromatic carbocycles. The first-order valence-electron chi connectivity index (χ1n) is 11.7. The molecule has 2 atom stereocenters. The number of hydrogen-bond donors (Lipinski definition) is 2. The molecule has 1 fully saturated rings. The van der Waals surface area contributed by atoms with E-state index in [2.05, 4.69) is 88.9 Å². The molecule has 1 heterocycles. The van der Waals surface area contributed by atoms with Gasteiger partial charge in [-0.05, 0) is 45.5 Å². The molecule has 7 heteroatoms. The maximum Gasteiger partial charge on any atom is 0.191 e. The minimum absolute atomic E-state index is 0. The van der Waals surface area contributed by atoms with Gasteiger partial charge in [-0.3, -0.25) is 9.89 Å². The fourth-order valence-electron chi connectivity index (χ4n) is 4.10. The second kappa shape index (κ2) is 14.4. The predicted molar refractivity (Wildman–Crippen MR) is 149 cm³/mol. The Kier molecular flexibility index (Phi) is 12.0. The zero-order chi connectivity index (χ0) is 22.8. The van der Waals surface area contributed by atoms with E-state index in [1.807, 2.05) is 19.2 Å². The molecule has 33 heavy (non-hydrogen) atoms. The Morgan fingerprint density at radius 2 is 1.85 bits per heavy atom. The lowest BCUT2D eigenvalue weighted by Gasteiger charge is -2.38. The summed E-state index contributed by atoms with van der Waals surface area (Å²) >= 11 is 0. The van der Waals surface area contributed by atoms with Crippen LogP contribution in [0.5, 0.6) is 5.75 Å². The summed E-state index contributed by atoms with van der Waals surface area (Å²) in [6.07, 6.45) is 2.22. The normalized spacial score (nSPS) is 19.1. The molecule has 2 N–H and O–H groups in total. The summed E-state index contributed by atoms with van der Waals surface area (Å²) in [4.78, 5) is 9.16. The maximum absolute atomic E-state index is 5.99. The van der Waals surface area contributed by atoms with Gasteiger partial charge >= 0.3 is 0 Å². The average molecular weight is 566 g/mol. The van der Waals surface area contributed by atoms with Gasteiger partial charge in [0.05, 0.1) is 0 Å². The molecule has 0 aliphatic carbocycles. The van der Waals surface area contributed by atoms with Gasteiger partial charge in [-0.25, -0.2) is 0 Å². The quantitative estimate of drug-likeness (QED) is 0.274. The summed E-state index contributed by atoms with van der Waals surface area (Å²) in [7, 11) is 5.95. The first-order chi connectivity index (χ1) is 15.5. The summed E-state index contributed by atoms with van der Waals surface area (Å²) in [5.41, 5.74) is 2.52. The summed E-state index contributed by atoms with van der Waals surface area (Å²) < 4.78 is 5.99. The van der Waals surface area contributed by atoms with E-state index >= 15 is 0 Å². The number of halogens is 1. The van der Waals surface area contributed by atoms with Crippen LogP contribution >= 0.6 is 24.0 Å². The lowest BCUT2D eigenvalue weighted by molar-refractivity contribution is 0.134. The minimum Gasteiger partial charge on any atom is -0.492 e. The number of likely N-dealkylation sites (N-methyl/N-ethyl adjacent to an activating group) is 1. The van der Waals surface area contributed by atoms with Crippen LogP contribution < -0.4 is 15.4 Å². The average Bonchev–Trinajstić information content (AvgIpc) is 2.79. The van der Waals surface area contributed by atoms with Crippen LogP contribution in [0.15, 0.2) is 59.6 Å². The number of benzene rings is 2. The Morgan fingerprint density at radius 1 is 1.12 bits per heavy atom. The molecule has 3 rings (SSSR count). The first kappa shape index (κ1) is 27.4. The third-order valence-electron chi connectivity index (χ3n) is 6.02. The van der Waals surface area contributed by atoms with Crippen molar-refractivity contribution in [1.29, 1.82) is 0 Å². The molecule has 0 saturated carbocycles. The van der Waals surface area contributed by atoms with Crippen LogP contribution in [0, 0.1) is 0 Å². The van der Waals surface area contributed by atoms with Crippen molar-refractivity contribution < 1.29 is 4.74 Å². The van der Waals surface area contributed by atoms with Gasteiger partial charge in [-0.1, -0.05) is 48.5 Å². The van der Waals surface area contributed by atoms with Crippen LogP contribution in [0.25, 0.3) is 0 Å². The lowest BCUT2D eigenvalue weighted by Crippen LogP contribution is -2.51. The Hall–Kier alpha value is -1.84. The van der Waals surface area contributed by atoms with E-state index in [0.717, 1.165) is 49.7 Å². The standard InChI is InChI=1S/C26H39N5O.HI/c1-21-18-24(14-15-31(21)20-22-10-6-5-7-11-22)29-26(27-2)28-19-23-12-8-9-13-25(23)32-17-16-30(3)4;/h5-13,21,24H,14-20H2,1-4H3,(H2,27,28,29);1H. The minimum atomic E-state index is 0. The second-order valence-corrected chi connectivity index (χ2v) is 8.86. The van der Waals surface area contributed by atoms with Crippen molar-refractivity contribution in [2.24, 2.45) is 4.99 Å². The number of nitrogens with one attached hydrogen (secondary N) is 2. The SMILES string of the molecule is CN=C(NCc1ccccc1OCCN(C)C)NC1CCN(Cc2ccccc2)C(C)C1.I. The first-order valence-corrected chi connectivity index (χ1v) is 11.7. The summed E-state index contributed by atoms with van der Waals surface area (Å²) in [6.45, 7) is 6.69. The number of likely N-dealkylation sites (tertiary alicyclic amines) is 1. The third-order valence-corrected chi connectivity index (χ3v) is 6.02. The van der Waals surface area contributed by atoms with Crippen molar-refractivity contribution >= 4 is 29.9 Å². The summed E-state index contributed by atoms with van der Waals surface area (Å²) in [6, 6.07) is 19.9. The number of hydrogen-bond acceptors (Lipinski definition) is 4. The van der Waals surface area contributed by atoms with Gasteiger partial charge in [-0.2, -0.15) is 0 Å². The smallest absolute Gasteiger partial charge is 0.191 e. The number of para-hydroxylation sites is 1. The van der Waals surface area contributed by atoms with E-state index in [9.17, 15) is 0 Å². The molecule has 0 bridgehead atoms. The van der Waals surface area contributed by atoms with Gasteiger partial charge in [0.25, 0.3) is 0 Å². The molecular formula is C26H40IN5O. The second-order valence-electron chi connectivity index (χ2n) is 8.86. The van der Waals surface area contributed by atoms with Gasteiger partial charge in [0.2, 0.25) is 0 Å². The van der Waals surface area contributed by atoms with E-state index in [-0.39, 0.29) is 24.0 Å². The largest absolute Gasteiger partial charge is 0.492 e. The number of guanidine groups is 1. The van der Waals surface area contributed by atoms with E-state index in [4.69, 9.17) is 4.74 Å². The molecule has 1 aliphatic heterocycles. The topological polar surface area (TPSA) is 52.1 Å². The van der Waals surface area contributed by atoms with E-state index in [1.165, 1.54) is 5.56 Å². The van der Waals surface area contributed by atoms with Crippen molar-refractivity contribution in [3.63, 3.8) is 0 Å². The molecule has 0 aromatic heterocycles. The molecule has 2 unspecified atom stereocenters. The van der Waals surface area contributed by atoms with Crippen LogP contribution in [-0.2, 0) is 13.1 Å². The maximum atomic E-state index is 5.99. The van der Waals surface area contributed by atoms with Crippen molar-refractivity contribution in [3.05, 3.63) is 65.7 Å². The third kappa shape index (κ3) is 9.14. The van der Waals surface area contributed by atoms with Crippen LogP contribution in [0.4, 0.5) is 0 Å². The van der Waals surface area contributed by atoms with Crippen LogP contribution in [0.2, 0.25) is 0 Å². The summed E-state index contributed by atoms with van der Waals surface area (Å²) in [5.74, 6) is 1.78. The summed E-state index contributed by atoms with van der Waals surface area (Å²) in [5, 5.41) is 7.11. The van der Waals surface area contributed by atoms with Gasteiger partial charge in [0.15, 0.2) is 5.96 Å². The van der Waals surface area contributed by atoms with Crippen molar-refractivity contribution in [1.82, 2.24) is 20.4 Å². The van der Waals surface area contributed by atoms with Gasteiger partial charge in [-0.15, -0.1) is 24.0 Å². The van der Waals surface area contributed by atoms with Crippen molar-refractivity contribution in [2.75, 3.05) is 40.8 Å². The van der Waals surface area contributed by atoms with Crippen molar-refractivity contribution in [3.8, 4) is 5.75 Å². The lowest BCUT2D eigenvalue weighted by atomic mass is 9.97. The molecule has 1 saturated heterocycles. The number of rotatable bonds is 9. The number of nitrogens with zero attached hydrogens (tertiary/aromatic N) is 3. The Labute approximate surface area is 216 Å². The van der Waals surface area contributed by atoms with Gasteiger partial charge < -0.3 is 20.3 Å². The highest BCUT2D eigenvalue weighted by molar-refractivity contribution is 14.0. The Morgan fingerprint density at radius 3 is 2.55 bits per heavy atom. The van der Waals surface area contributed by atoms with E-state index < -0.39 is 0 Å². The molecule has 2 aromatic rings. The molecular weight excluding hydrogens is 525 g/mol. The van der Waals surface area contributed by atoms with E-state index in [0.29, 0.717) is 25.2 Å². The van der Waals surface area contributed by atoms with Gasteiger partial charge in [0.1, 0.15) is 12.4 Å². The van der Waals surface area contributed by atoms with Crippen LogP contribution in [-0.4, -0.2) is 68.7 Å². The monoisotopic (exact) mass is 565 g/mol. The molecule has 1 aliphatic rings. The fourth-order valence-corrected chi connectivity index (χ4v) is 4.10. The highest BCUT2D eigenvalue weighted by Gasteiger charge is 2.26. The molecule has 0 amide bonds.